The summed E-state index contributed by atoms with van der Waals surface area (Å²) in [7, 11) is 0. The van der Waals surface area contributed by atoms with Crippen LogP contribution in [0.25, 0.3) is 0 Å². The monoisotopic (exact) mass is 207 g/mol. The van der Waals surface area contributed by atoms with Crippen LogP contribution in [0.1, 0.15) is 17.0 Å². The molecule has 1 aromatic rings. The van der Waals surface area contributed by atoms with Gasteiger partial charge >= 0.3 is 6.09 Å². The fourth-order valence-electron chi connectivity index (χ4n) is 2.10. The first-order chi connectivity index (χ1) is 7.18. The van der Waals surface area contributed by atoms with Crippen molar-refractivity contribution in [3.63, 3.8) is 0 Å². The normalized spacial score (nSPS) is 23.5. The molecule has 0 bridgehead atoms. The molecule has 0 fully saturated rings. The summed E-state index contributed by atoms with van der Waals surface area (Å²) in [5.41, 5.74) is 2.17. The smallest absolute Gasteiger partial charge is 0.404 e. The Balaban J connectivity index is 2.15. The standard InChI is InChI=1S/C11H13NO3/c13-10-5-7-3-1-2-4-8(7)9(10)6-12-11(14)15/h1-4,9-10,12-13H,5-6H2,(H,14,15)/t9-,10-/m0/s1. The lowest BCUT2D eigenvalue weighted by molar-refractivity contribution is 0.151. The van der Waals surface area contributed by atoms with Gasteiger partial charge in [0.2, 0.25) is 0 Å². The summed E-state index contributed by atoms with van der Waals surface area (Å²) in [6, 6.07) is 7.75. The Labute approximate surface area is 87.6 Å². The second-order valence-electron chi connectivity index (χ2n) is 3.76. The molecule has 1 aliphatic rings. The first-order valence-electron chi connectivity index (χ1n) is 4.91. The van der Waals surface area contributed by atoms with E-state index in [1.54, 1.807) is 0 Å². The van der Waals surface area contributed by atoms with Gasteiger partial charge in [-0.25, -0.2) is 4.79 Å². The number of carboxylic acid groups (broad SMARTS) is 1. The largest absolute Gasteiger partial charge is 0.465 e. The van der Waals surface area contributed by atoms with E-state index in [0.29, 0.717) is 6.42 Å². The fraction of sp³-hybridized carbons (Fsp3) is 0.364. The van der Waals surface area contributed by atoms with Crippen LogP contribution < -0.4 is 5.32 Å². The van der Waals surface area contributed by atoms with Crippen LogP contribution in [0.2, 0.25) is 0 Å². The molecule has 0 radical (unpaired) electrons. The molecule has 0 unspecified atom stereocenters. The highest BCUT2D eigenvalue weighted by molar-refractivity contribution is 5.64. The topological polar surface area (TPSA) is 69.6 Å². The Morgan fingerprint density at radius 3 is 2.93 bits per heavy atom. The minimum Gasteiger partial charge on any atom is -0.465 e. The first kappa shape index (κ1) is 9.98. The summed E-state index contributed by atoms with van der Waals surface area (Å²) < 4.78 is 0. The average Bonchev–Trinajstić information content (AvgIpc) is 2.50. The van der Waals surface area contributed by atoms with Crippen molar-refractivity contribution in [3.8, 4) is 0 Å². The van der Waals surface area contributed by atoms with E-state index in [1.807, 2.05) is 24.3 Å². The molecule has 0 heterocycles. The molecule has 0 spiro atoms. The number of benzene rings is 1. The molecule has 15 heavy (non-hydrogen) atoms. The van der Waals surface area contributed by atoms with Gasteiger partial charge < -0.3 is 15.5 Å². The number of hydrogen-bond donors (Lipinski definition) is 3. The van der Waals surface area contributed by atoms with Crippen molar-refractivity contribution in [1.29, 1.82) is 0 Å². The third kappa shape index (κ3) is 1.94. The Morgan fingerprint density at radius 1 is 1.47 bits per heavy atom. The molecule has 3 N–H and O–H groups in total. The average molecular weight is 207 g/mol. The van der Waals surface area contributed by atoms with E-state index in [9.17, 15) is 9.90 Å². The molecule has 2 rings (SSSR count). The van der Waals surface area contributed by atoms with Gasteiger partial charge in [-0.3, -0.25) is 0 Å². The van der Waals surface area contributed by atoms with Crippen LogP contribution >= 0.6 is 0 Å². The van der Waals surface area contributed by atoms with Crippen LogP contribution in [0.3, 0.4) is 0 Å². The minimum atomic E-state index is -1.05. The van der Waals surface area contributed by atoms with Crippen LogP contribution in [-0.2, 0) is 6.42 Å². The van der Waals surface area contributed by atoms with Crippen LogP contribution in [0.4, 0.5) is 4.79 Å². The van der Waals surface area contributed by atoms with Crippen molar-refractivity contribution in [1.82, 2.24) is 5.32 Å². The number of rotatable bonds is 2. The molecule has 80 valence electrons. The SMILES string of the molecule is O=C(O)NC[C@H]1c2ccccc2C[C@@H]1O. The lowest BCUT2D eigenvalue weighted by Crippen LogP contribution is -2.30. The molecule has 2 atom stereocenters. The number of aliphatic hydroxyl groups is 1. The lowest BCUT2D eigenvalue weighted by atomic mass is 10.00. The summed E-state index contributed by atoms with van der Waals surface area (Å²) in [4.78, 5) is 10.4. The van der Waals surface area contributed by atoms with Crippen LogP contribution in [0, 0.1) is 0 Å². The zero-order valence-electron chi connectivity index (χ0n) is 8.18. The van der Waals surface area contributed by atoms with Crippen LogP contribution in [-0.4, -0.2) is 29.0 Å². The number of amides is 1. The van der Waals surface area contributed by atoms with E-state index in [2.05, 4.69) is 5.32 Å². The van der Waals surface area contributed by atoms with Gasteiger partial charge in [-0.05, 0) is 17.5 Å². The van der Waals surface area contributed by atoms with E-state index in [-0.39, 0.29) is 12.5 Å². The minimum absolute atomic E-state index is 0.114. The van der Waals surface area contributed by atoms with E-state index < -0.39 is 12.2 Å². The van der Waals surface area contributed by atoms with E-state index in [1.165, 1.54) is 0 Å². The fourth-order valence-corrected chi connectivity index (χ4v) is 2.10. The molecule has 0 saturated carbocycles. The van der Waals surface area contributed by atoms with Crippen LogP contribution in [0.15, 0.2) is 24.3 Å². The first-order valence-corrected chi connectivity index (χ1v) is 4.91. The molecule has 0 aliphatic heterocycles. The quantitative estimate of drug-likeness (QED) is 0.676. The summed E-state index contributed by atoms with van der Waals surface area (Å²) >= 11 is 0. The summed E-state index contributed by atoms with van der Waals surface area (Å²) in [5.74, 6) is -0.114. The van der Waals surface area contributed by atoms with Gasteiger partial charge in [0.15, 0.2) is 0 Å². The maximum atomic E-state index is 10.4. The van der Waals surface area contributed by atoms with Crippen molar-refractivity contribution in [2.45, 2.75) is 18.4 Å². The Kier molecular flexibility index (Phi) is 2.60. The highest BCUT2D eigenvalue weighted by atomic mass is 16.4. The second kappa shape index (κ2) is 3.90. The number of nitrogens with one attached hydrogen (secondary N) is 1. The summed E-state index contributed by atoms with van der Waals surface area (Å²) in [6.07, 6.45) is -0.914. The maximum absolute atomic E-state index is 10.4. The third-order valence-electron chi connectivity index (χ3n) is 2.82. The molecule has 4 heteroatoms. The summed E-state index contributed by atoms with van der Waals surface area (Å²) in [6.45, 7) is 0.271. The molecule has 1 amide bonds. The number of fused-ring (bicyclic) bond motifs is 1. The van der Waals surface area contributed by atoms with Gasteiger partial charge in [0, 0.05) is 12.5 Å². The van der Waals surface area contributed by atoms with Gasteiger partial charge in [-0.15, -0.1) is 0 Å². The number of aliphatic hydroxyl groups excluding tert-OH is 1. The van der Waals surface area contributed by atoms with Crippen molar-refractivity contribution in [2.75, 3.05) is 6.54 Å². The number of hydrogen-bond acceptors (Lipinski definition) is 2. The molecule has 0 saturated heterocycles. The van der Waals surface area contributed by atoms with Gasteiger partial charge in [-0.1, -0.05) is 24.3 Å². The predicted octanol–water partition coefficient (Wildman–Crippen LogP) is 0.955. The van der Waals surface area contributed by atoms with Gasteiger partial charge in [-0.2, -0.15) is 0 Å². The van der Waals surface area contributed by atoms with E-state index >= 15 is 0 Å². The Hall–Kier alpha value is -1.55. The second-order valence-corrected chi connectivity index (χ2v) is 3.76. The predicted molar refractivity (Wildman–Crippen MR) is 54.9 cm³/mol. The summed E-state index contributed by atoms with van der Waals surface area (Å²) in [5, 5.41) is 20.6. The Morgan fingerprint density at radius 2 is 2.20 bits per heavy atom. The molecule has 1 aromatic carbocycles. The van der Waals surface area contributed by atoms with E-state index in [0.717, 1.165) is 11.1 Å². The van der Waals surface area contributed by atoms with Crippen LogP contribution in [0.5, 0.6) is 0 Å². The van der Waals surface area contributed by atoms with Crippen molar-refractivity contribution in [3.05, 3.63) is 35.4 Å². The number of carbonyl (C=O) groups is 1. The molecule has 0 aromatic heterocycles. The Bertz CT molecular complexity index is 378. The van der Waals surface area contributed by atoms with Crippen molar-refractivity contribution < 1.29 is 15.0 Å². The lowest BCUT2D eigenvalue weighted by Gasteiger charge is -2.15. The van der Waals surface area contributed by atoms with Gasteiger partial charge in [0.1, 0.15) is 0 Å². The van der Waals surface area contributed by atoms with E-state index in [4.69, 9.17) is 5.11 Å². The van der Waals surface area contributed by atoms with Crippen molar-refractivity contribution >= 4 is 6.09 Å². The zero-order chi connectivity index (χ0) is 10.8. The van der Waals surface area contributed by atoms with Gasteiger partial charge in [0.25, 0.3) is 0 Å². The third-order valence-corrected chi connectivity index (χ3v) is 2.82. The molecular weight excluding hydrogens is 194 g/mol. The maximum Gasteiger partial charge on any atom is 0.404 e. The van der Waals surface area contributed by atoms with Gasteiger partial charge in [0.05, 0.1) is 6.10 Å². The molecule has 4 nitrogen and oxygen atoms in total. The zero-order valence-corrected chi connectivity index (χ0v) is 8.18. The molecule has 1 aliphatic carbocycles. The van der Waals surface area contributed by atoms with Crippen molar-refractivity contribution in [2.24, 2.45) is 0 Å². The molecular formula is C11H13NO3. The highest BCUT2D eigenvalue weighted by Crippen LogP contribution is 2.32. The highest BCUT2D eigenvalue weighted by Gasteiger charge is 2.30.